The van der Waals surface area contributed by atoms with Gasteiger partial charge >= 0.3 is 0 Å². The van der Waals surface area contributed by atoms with Gasteiger partial charge in [-0.15, -0.1) is 0 Å². The molecule has 0 aromatic heterocycles. The maximum absolute atomic E-state index is 8.65. The van der Waals surface area contributed by atoms with E-state index in [1.54, 1.807) is 7.11 Å². The van der Waals surface area contributed by atoms with Gasteiger partial charge in [-0.1, -0.05) is 19.9 Å². The molecular weight excluding hydrogens is 270 g/mol. The monoisotopic (exact) mass is 297 g/mol. The molecule has 120 valence electrons. The Labute approximate surface area is 127 Å². The number of benzene rings is 1. The summed E-state index contributed by atoms with van der Waals surface area (Å²) in [5, 5.41) is 12.1. The van der Waals surface area contributed by atoms with Crippen LogP contribution in [0.15, 0.2) is 18.2 Å². The Morgan fingerprint density at radius 3 is 2.67 bits per heavy atom. The molecule has 0 bridgehead atoms. The van der Waals surface area contributed by atoms with E-state index in [4.69, 9.17) is 19.3 Å². The molecule has 5 nitrogen and oxygen atoms in total. The van der Waals surface area contributed by atoms with E-state index in [2.05, 4.69) is 19.2 Å². The second-order valence-corrected chi connectivity index (χ2v) is 5.18. The average molecular weight is 297 g/mol. The smallest absolute Gasteiger partial charge is 0.127 e. The first-order chi connectivity index (χ1) is 10.2. The number of aliphatic hydroxyl groups excluding tert-OH is 1. The third kappa shape index (κ3) is 7.32. The Balaban J connectivity index is 2.55. The second kappa shape index (κ2) is 10.4. The Hall–Kier alpha value is -1.30. The Bertz CT molecular complexity index is 396. The standard InChI is InChI=1S/C16H27NO4/c1-13(2)11-17-12-14-4-5-15(19-3)10-16(14)21-9-8-20-7-6-18/h4-5,10,13,17-18H,6-9,11-12H2,1-3H3. The van der Waals surface area contributed by atoms with Crippen LogP contribution >= 0.6 is 0 Å². The highest BCUT2D eigenvalue weighted by Crippen LogP contribution is 2.24. The Morgan fingerprint density at radius 2 is 2.00 bits per heavy atom. The minimum absolute atomic E-state index is 0.0313. The minimum atomic E-state index is 0.0313. The third-order valence-electron chi connectivity index (χ3n) is 2.86. The van der Waals surface area contributed by atoms with E-state index < -0.39 is 0 Å². The lowest BCUT2D eigenvalue weighted by Crippen LogP contribution is -2.19. The summed E-state index contributed by atoms with van der Waals surface area (Å²) >= 11 is 0. The molecule has 0 atom stereocenters. The largest absolute Gasteiger partial charge is 0.497 e. The SMILES string of the molecule is COc1ccc(CNCC(C)C)c(OCCOCCO)c1. The maximum atomic E-state index is 8.65. The van der Waals surface area contributed by atoms with E-state index in [1.807, 2.05) is 18.2 Å². The van der Waals surface area contributed by atoms with Crippen LogP contribution in [0.25, 0.3) is 0 Å². The zero-order valence-electron chi connectivity index (χ0n) is 13.2. The van der Waals surface area contributed by atoms with Gasteiger partial charge in [-0.25, -0.2) is 0 Å². The van der Waals surface area contributed by atoms with Crippen molar-refractivity contribution in [2.75, 3.05) is 40.1 Å². The lowest BCUT2D eigenvalue weighted by Gasteiger charge is -2.14. The van der Waals surface area contributed by atoms with Crippen molar-refractivity contribution in [2.45, 2.75) is 20.4 Å². The van der Waals surface area contributed by atoms with Crippen LogP contribution in [0.5, 0.6) is 11.5 Å². The van der Waals surface area contributed by atoms with Gasteiger partial charge in [-0.2, -0.15) is 0 Å². The first-order valence-corrected chi connectivity index (χ1v) is 7.36. The molecule has 5 heteroatoms. The molecule has 0 saturated carbocycles. The predicted molar refractivity (Wildman–Crippen MR) is 82.9 cm³/mol. The highest BCUT2D eigenvalue weighted by molar-refractivity contribution is 5.40. The Kier molecular flexibility index (Phi) is 8.82. The predicted octanol–water partition coefficient (Wildman–Crippen LogP) is 1.83. The van der Waals surface area contributed by atoms with Crippen molar-refractivity contribution in [2.24, 2.45) is 5.92 Å². The summed E-state index contributed by atoms with van der Waals surface area (Å²) in [6.45, 7) is 7.35. The topological polar surface area (TPSA) is 60.0 Å². The van der Waals surface area contributed by atoms with E-state index in [9.17, 15) is 0 Å². The van der Waals surface area contributed by atoms with Gasteiger partial charge in [0, 0.05) is 18.2 Å². The van der Waals surface area contributed by atoms with Gasteiger partial charge in [-0.05, 0) is 18.5 Å². The molecule has 21 heavy (non-hydrogen) atoms. The molecule has 0 fully saturated rings. The van der Waals surface area contributed by atoms with Gasteiger partial charge in [0.25, 0.3) is 0 Å². The van der Waals surface area contributed by atoms with Crippen molar-refractivity contribution in [3.63, 3.8) is 0 Å². The summed E-state index contributed by atoms with van der Waals surface area (Å²) in [6.07, 6.45) is 0. The van der Waals surface area contributed by atoms with E-state index in [0.717, 1.165) is 30.2 Å². The number of aliphatic hydroxyl groups is 1. The molecule has 0 unspecified atom stereocenters. The molecule has 0 saturated heterocycles. The molecule has 0 radical (unpaired) electrons. The van der Waals surface area contributed by atoms with Crippen molar-refractivity contribution in [1.82, 2.24) is 5.32 Å². The summed E-state index contributed by atoms with van der Waals surface area (Å²) in [5.74, 6) is 2.19. The van der Waals surface area contributed by atoms with Crippen molar-refractivity contribution >= 4 is 0 Å². The van der Waals surface area contributed by atoms with Gasteiger partial charge < -0.3 is 24.6 Å². The van der Waals surface area contributed by atoms with Crippen LogP contribution in [0.2, 0.25) is 0 Å². The third-order valence-corrected chi connectivity index (χ3v) is 2.86. The fourth-order valence-electron chi connectivity index (χ4n) is 1.81. The van der Waals surface area contributed by atoms with E-state index in [0.29, 0.717) is 25.7 Å². The van der Waals surface area contributed by atoms with Crippen molar-refractivity contribution in [3.05, 3.63) is 23.8 Å². The van der Waals surface area contributed by atoms with Gasteiger partial charge in [0.15, 0.2) is 0 Å². The number of nitrogens with one attached hydrogen (secondary N) is 1. The molecule has 0 aliphatic rings. The highest BCUT2D eigenvalue weighted by Gasteiger charge is 2.06. The summed E-state index contributed by atoms with van der Waals surface area (Å²) in [7, 11) is 1.64. The van der Waals surface area contributed by atoms with Crippen molar-refractivity contribution in [3.8, 4) is 11.5 Å². The summed E-state index contributed by atoms with van der Waals surface area (Å²) in [5.41, 5.74) is 1.10. The lowest BCUT2D eigenvalue weighted by molar-refractivity contribution is 0.0702. The van der Waals surface area contributed by atoms with Gasteiger partial charge in [0.1, 0.15) is 18.1 Å². The van der Waals surface area contributed by atoms with Crippen LogP contribution in [0, 0.1) is 5.92 Å². The van der Waals surface area contributed by atoms with E-state index in [-0.39, 0.29) is 6.61 Å². The summed E-state index contributed by atoms with van der Waals surface area (Å²) < 4.78 is 16.2. The first-order valence-electron chi connectivity index (χ1n) is 7.36. The molecule has 0 spiro atoms. The zero-order chi connectivity index (χ0) is 15.5. The fourth-order valence-corrected chi connectivity index (χ4v) is 1.81. The number of hydrogen-bond acceptors (Lipinski definition) is 5. The van der Waals surface area contributed by atoms with Crippen molar-refractivity contribution < 1.29 is 19.3 Å². The molecule has 0 amide bonds. The summed E-state index contributed by atoms with van der Waals surface area (Å²) in [6, 6.07) is 5.83. The molecule has 1 aromatic carbocycles. The summed E-state index contributed by atoms with van der Waals surface area (Å²) in [4.78, 5) is 0. The van der Waals surface area contributed by atoms with Crippen LogP contribution in [0.4, 0.5) is 0 Å². The van der Waals surface area contributed by atoms with Crippen LogP contribution in [0.1, 0.15) is 19.4 Å². The fraction of sp³-hybridized carbons (Fsp3) is 0.625. The second-order valence-electron chi connectivity index (χ2n) is 5.18. The Morgan fingerprint density at radius 1 is 1.19 bits per heavy atom. The average Bonchev–Trinajstić information content (AvgIpc) is 2.47. The van der Waals surface area contributed by atoms with Crippen LogP contribution in [0.3, 0.4) is 0 Å². The van der Waals surface area contributed by atoms with Crippen LogP contribution < -0.4 is 14.8 Å². The quantitative estimate of drug-likeness (QED) is 0.610. The van der Waals surface area contributed by atoms with E-state index >= 15 is 0 Å². The number of rotatable bonds is 11. The molecular formula is C16H27NO4. The van der Waals surface area contributed by atoms with Crippen LogP contribution in [-0.4, -0.2) is 45.2 Å². The maximum Gasteiger partial charge on any atom is 0.127 e. The molecule has 0 aliphatic carbocycles. The normalized spacial score (nSPS) is 10.9. The first kappa shape index (κ1) is 17.8. The number of ether oxygens (including phenoxy) is 3. The van der Waals surface area contributed by atoms with Gasteiger partial charge in [-0.3, -0.25) is 0 Å². The molecule has 1 rings (SSSR count). The van der Waals surface area contributed by atoms with E-state index in [1.165, 1.54) is 0 Å². The highest BCUT2D eigenvalue weighted by atomic mass is 16.5. The molecule has 2 N–H and O–H groups in total. The minimum Gasteiger partial charge on any atom is -0.497 e. The molecule has 0 aliphatic heterocycles. The number of hydrogen-bond donors (Lipinski definition) is 2. The van der Waals surface area contributed by atoms with Crippen LogP contribution in [-0.2, 0) is 11.3 Å². The molecule has 0 heterocycles. The van der Waals surface area contributed by atoms with Gasteiger partial charge in [0.05, 0.1) is 26.9 Å². The van der Waals surface area contributed by atoms with Crippen molar-refractivity contribution in [1.29, 1.82) is 0 Å². The number of methoxy groups -OCH3 is 1. The lowest BCUT2D eigenvalue weighted by atomic mass is 10.1. The molecule has 1 aromatic rings. The van der Waals surface area contributed by atoms with Gasteiger partial charge in [0.2, 0.25) is 0 Å². The zero-order valence-corrected chi connectivity index (χ0v) is 13.2.